The van der Waals surface area contributed by atoms with Gasteiger partial charge in [-0.05, 0) is 41.0 Å². The van der Waals surface area contributed by atoms with Crippen LogP contribution in [-0.4, -0.2) is 34.9 Å². The number of pyridine rings is 1. The number of benzene rings is 1. The molecule has 1 aliphatic heterocycles. The topological polar surface area (TPSA) is 85.5 Å². The third-order valence-corrected chi connectivity index (χ3v) is 5.03. The molecule has 6 nitrogen and oxygen atoms in total. The van der Waals surface area contributed by atoms with E-state index in [1.807, 2.05) is 24.3 Å². The Kier molecular flexibility index (Phi) is 5.68. The lowest BCUT2D eigenvalue weighted by Crippen LogP contribution is -2.49. The third kappa shape index (κ3) is 3.94. The van der Waals surface area contributed by atoms with Crippen molar-refractivity contribution in [2.45, 2.75) is 32.0 Å². The fourth-order valence-corrected chi connectivity index (χ4v) is 3.60. The molecule has 2 aromatic rings. The zero-order valence-corrected chi connectivity index (χ0v) is 16.0. The van der Waals surface area contributed by atoms with Crippen LogP contribution in [-0.2, 0) is 40.3 Å². The summed E-state index contributed by atoms with van der Waals surface area (Å²) in [6.07, 6.45) is 2.28. The summed E-state index contributed by atoms with van der Waals surface area (Å²) in [4.78, 5) is 31.0. The van der Waals surface area contributed by atoms with Gasteiger partial charge in [-0.3, -0.25) is 9.78 Å². The molecular formula is C19H20BrN3O3. The first-order chi connectivity index (χ1) is 12.5. The number of halogens is 1. The van der Waals surface area contributed by atoms with E-state index in [-0.39, 0.29) is 12.3 Å². The highest BCUT2D eigenvalue weighted by Gasteiger charge is 2.35. The van der Waals surface area contributed by atoms with Crippen molar-refractivity contribution in [2.24, 2.45) is 5.73 Å². The summed E-state index contributed by atoms with van der Waals surface area (Å²) in [5.74, 6) is -0.524. The van der Waals surface area contributed by atoms with Crippen molar-refractivity contribution in [1.29, 1.82) is 0 Å². The quantitative estimate of drug-likeness (QED) is 0.768. The first-order valence-corrected chi connectivity index (χ1v) is 9.09. The van der Waals surface area contributed by atoms with Crippen LogP contribution < -0.4 is 5.73 Å². The second kappa shape index (κ2) is 7.97. The number of fused-ring (bicyclic) bond motifs is 1. The molecule has 3 rings (SSSR count). The predicted molar refractivity (Wildman–Crippen MR) is 100 cm³/mol. The van der Waals surface area contributed by atoms with E-state index in [0.29, 0.717) is 19.5 Å². The fourth-order valence-electron chi connectivity index (χ4n) is 3.19. The summed E-state index contributed by atoms with van der Waals surface area (Å²) >= 11 is 3.46. The van der Waals surface area contributed by atoms with Gasteiger partial charge in [0.15, 0.2) is 0 Å². The van der Waals surface area contributed by atoms with Gasteiger partial charge in [-0.1, -0.05) is 22.0 Å². The number of rotatable bonds is 4. The highest BCUT2D eigenvalue weighted by molar-refractivity contribution is 9.10. The smallest absolute Gasteiger partial charge is 0.328 e. The molecule has 0 saturated heterocycles. The van der Waals surface area contributed by atoms with Gasteiger partial charge in [-0.15, -0.1) is 0 Å². The second-order valence-electron chi connectivity index (χ2n) is 6.21. The van der Waals surface area contributed by atoms with Crippen molar-refractivity contribution in [2.75, 3.05) is 7.11 Å². The first-order valence-electron chi connectivity index (χ1n) is 8.30. The highest BCUT2D eigenvalue weighted by atomic mass is 79.9. The van der Waals surface area contributed by atoms with Crippen LogP contribution >= 0.6 is 15.9 Å². The Morgan fingerprint density at radius 1 is 1.31 bits per heavy atom. The minimum absolute atomic E-state index is 0.125. The molecule has 0 radical (unpaired) electrons. The molecule has 1 aromatic heterocycles. The number of methoxy groups -OCH3 is 1. The van der Waals surface area contributed by atoms with Gasteiger partial charge in [-0.25, -0.2) is 4.79 Å². The molecule has 26 heavy (non-hydrogen) atoms. The maximum absolute atomic E-state index is 12.9. The van der Waals surface area contributed by atoms with E-state index in [1.165, 1.54) is 7.11 Å². The van der Waals surface area contributed by atoms with E-state index < -0.39 is 12.0 Å². The Labute approximate surface area is 160 Å². The summed E-state index contributed by atoms with van der Waals surface area (Å²) in [6, 6.07) is 8.90. The molecule has 0 fully saturated rings. The van der Waals surface area contributed by atoms with Crippen molar-refractivity contribution in [3.8, 4) is 0 Å². The Morgan fingerprint density at radius 2 is 2.12 bits per heavy atom. The van der Waals surface area contributed by atoms with Crippen LogP contribution in [0.1, 0.15) is 22.4 Å². The fraction of sp³-hybridized carbons (Fsp3) is 0.316. The van der Waals surface area contributed by atoms with Crippen LogP contribution in [0.2, 0.25) is 0 Å². The molecule has 1 atom stereocenters. The van der Waals surface area contributed by atoms with Crippen molar-refractivity contribution in [1.82, 2.24) is 9.88 Å². The lowest BCUT2D eigenvalue weighted by Gasteiger charge is -2.35. The number of nitrogens with zero attached hydrogens (tertiary/aromatic N) is 2. The van der Waals surface area contributed by atoms with Crippen LogP contribution in [0.3, 0.4) is 0 Å². The van der Waals surface area contributed by atoms with Crippen LogP contribution in [0.15, 0.2) is 41.0 Å². The molecule has 0 spiro atoms. The van der Waals surface area contributed by atoms with Crippen LogP contribution in [0.5, 0.6) is 0 Å². The number of hydrogen-bond donors (Lipinski definition) is 1. The van der Waals surface area contributed by atoms with Gasteiger partial charge in [0.1, 0.15) is 6.04 Å². The lowest BCUT2D eigenvalue weighted by atomic mass is 9.93. The third-order valence-electron chi connectivity index (χ3n) is 4.54. The maximum Gasteiger partial charge on any atom is 0.328 e. The number of nitrogens with two attached hydrogens (primary N) is 1. The molecule has 1 amide bonds. The van der Waals surface area contributed by atoms with Gasteiger partial charge in [0.05, 0.1) is 19.2 Å². The minimum Gasteiger partial charge on any atom is -0.467 e. The normalized spacial score (nSPS) is 16.1. The average Bonchev–Trinajstić information content (AvgIpc) is 2.66. The summed E-state index contributed by atoms with van der Waals surface area (Å²) in [7, 11) is 1.35. The van der Waals surface area contributed by atoms with E-state index in [1.54, 1.807) is 17.2 Å². The van der Waals surface area contributed by atoms with Gasteiger partial charge in [-0.2, -0.15) is 0 Å². The largest absolute Gasteiger partial charge is 0.467 e. The van der Waals surface area contributed by atoms with Gasteiger partial charge in [0.2, 0.25) is 5.91 Å². The molecule has 0 aliphatic carbocycles. The molecule has 1 aliphatic rings. The molecule has 0 saturated carbocycles. The highest BCUT2D eigenvalue weighted by Crippen LogP contribution is 2.27. The predicted octanol–water partition coefficient (Wildman–Crippen LogP) is 1.97. The van der Waals surface area contributed by atoms with Crippen molar-refractivity contribution in [3.63, 3.8) is 0 Å². The average molecular weight is 418 g/mol. The van der Waals surface area contributed by atoms with E-state index in [4.69, 9.17) is 10.5 Å². The summed E-state index contributed by atoms with van der Waals surface area (Å²) in [5.41, 5.74) is 9.26. The number of hydrogen-bond acceptors (Lipinski definition) is 5. The molecule has 2 heterocycles. The molecular weight excluding hydrogens is 398 g/mol. The molecule has 1 aromatic carbocycles. The van der Waals surface area contributed by atoms with Crippen LogP contribution in [0.4, 0.5) is 0 Å². The van der Waals surface area contributed by atoms with E-state index in [2.05, 4.69) is 20.9 Å². The van der Waals surface area contributed by atoms with Gasteiger partial charge in [0, 0.05) is 30.2 Å². The minimum atomic E-state index is -0.614. The standard InChI is InChI=1S/C19H20BrN3O3/c1-26-19(25)17-9-13-2-3-15(20)8-14(13)11-23(17)18(24)7-12-4-5-22-16(6-12)10-21/h2-6,8,17H,7,9-11,21H2,1H3. The van der Waals surface area contributed by atoms with Crippen molar-refractivity contribution >= 4 is 27.8 Å². The van der Waals surface area contributed by atoms with E-state index in [9.17, 15) is 9.59 Å². The van der Waals surface area contributed by atoms with Crippen LogP contribution in [0, 0.1) is 0 Å². The molecule has 1 unspecified atom stereocenters. The number of esters is 1. The second-order valence-corrected chi connectivity index (χ2v) is 7.13. The summed E-state index contributed by atoms with van der Waals surface area (Å²) in [5, 5.41) is 0. The van der Waals surface area contributed by atoms with Crippen LogP contribution in [0.25, 0.3) is 0 Å². The Hall–Kier alpha value is -2.25. The number of amides is 1. The van der Waals surface area contributed by atoms with Gasteiger partial charge >= 0.3 is 5.97 Å². The molecule has 2 N–H and O–H groups in total. The Bertz CT molecular complexity index is 841. The zero-order chi connectivity index (χ0) is 18.7. The van der Waals surface area contributed by atoms with E-state index in [0.717, 1.165) is 26.9 Å². The lowest BCUT2D eigenvalue weighted by molar-refractivity contribution is -0.153. The Balaban J connectivity index is 1.86. The Morgan fingerprint density at radius 3 is 2.85 bits per heavy atom. The van der Waals surface area contributed by atoms with Crippen molar-refractivity contribution < 1.29 is 14.3 Å². The van der Waals surface area contributed by atoms with Gasteiger partial charge < -0.3 is 15.4 Å². The monoisotopic (exact) mass is 417 g/mol. The first kappa shape index (κ1) is 18.5. The number of carbonyl (C=O) groups excluding carboxylic acids is 2. The van der Waals surface area contributed by atoms with E-state index >= 15 is 0 Å². The zero-order valence-electron chi connectivity index (χ0n) is 14.4. The molecule has 136 valence electrons. The number of ether oxygens (including phenoxy) is 1. The number of carbonyl (C=O) groups is 2. The molecule has 7 heteroatoms. The SMILES string of the molecule is COC(=O)C1Cc2ccc(Br)cc2CN1C(=O)Cc1ccnc(CN)c1. The molecule has 0 bridgehead atoms. The van der Waals surface area contributed by atoms with Crippen molar-refractivity contribution in [3.05, 3.63) is 63.4 Å². The summed E-state index contributed by atoms with van der Waals surface area (Å²) in [6.45, 7) is 0.695. The van der Waals surface area contributed by atoms with Gasteiger partial charge in [0.25, 0.3) is 0 Å². The summed E-state index contributed by atoms with van der Waals surface area (Å²) < 4.78 is 5.87. The maximum atomic E-state index is 12.9. The number of aromatic nitrogens is 1.